The van der Waals surface area contributed by atoms with Crippen LogP contribution in [-0.4, -0.2) is 25.0 Å². The SMILES string of the molecule is CCCN(C)CC(N)c1ccc(C)cc1C. The third-order valence-corrected chi connectivity index (χ3v) is 2.94. The lowest BCUT2D eigenvalue weighted by Crippen LogP contribution is -2.30. The maximum Gasteiger partial charge on any atom is 0.0426 e. The quantitative estimate of drug-likeness (QED) is 0.826. The maximum atomic E-state index is 6.24. The minimum atomic E-state index is 0.122. The van der Waals surface area contributed by atoms with Crippen molar-refractivity contribution in [2.24, 2.45) is 5.73 Å². The van der Waals surface area contributed by atoms with Crippen LogP contribution in [0.1, 0.15) is 36.1 Å². The minimum absolute atomic E-state index is 0.122. The Morgan fingerprint density at radius 1 is 1.31 bits per heavy atom. The topological polar surface area (TPSA) is 29.3 Å². The van der Waals surface area contributed by atoms with Gasteiger partial charge in [-0.1, -0.05) is 30.7 Å². The molecule has 1 unspecified atom stereocenters. The Balaban J connectivity index is 2.69. The van der Waals surface area contributed by atoms with Crippen molar-refractivity contribution in [1.29, 1.82) is 0 Å². The number of nitrogens with zero attached hydrogens (tertiary/aromatic N) is 1. The van der Waals surface area contributed by atoms with Crippen molar-refractivity contribution >= 4 is 0 Å². The summed E-state index contributed by atoms with van der Waals surface area (Å²) in [5.41, 5.74) is 10.1. The van der Waals surface area contributed by atoms with E-state index in [4.69, 9.17) is 5.73 Å². The first kappa shape index (κ1) is 13.2. The van der Waals surface area contributed by atoms with Gasteiger partial charge < -0.3 is 10.6 Å². The number of likely N-dealkylation sites (N-methyl/N-ethyl adjacent to an activating group) is 1. The van der Waals surface area contributed by atoms with Crippen LogP contribution in [0.4, 0.5) is 0 Å². The monoisotopic (exact) mass is 220 g/mol. The predicted octanol–water partition coefficient (Wildman–Crippen LogP) is 2.65. The fraction of sp³-hybridized carbons (Fsp3) is 0.571. The predicted molar refractivity (Wildman–Crippen MR) is 70.6 cm³/mol. The second kappa shape index (κ2) is 6.02. The fourth-order valence-corrected chi connectivity index (χ4v) is 2.15. The van der Waals surface area contributed by atoms with Crippen LogP contribution in [0.5, 0.6) is 0 Å². The van der Waals surface area contributed by atoms with E-state index >= 15 is 0 Å². The summed E-state index contributed by atoms with van der Waals surface area (Å²) in [7, 11) is 2.13. The third-order valence-electron chi connectivity index (χ3n) is 2.94. The average molecular weight is 220 g/mol. The highest BCUT2D eigenvalue weighted by Gasteiger charge is 2.10. The summed E-state index contributed by atoms with van der Waals surface area (Å²) in [5.74, 6) is 0. The van der Waals surface area contributed by atoms with E-state index in [1.165, 1.54) is 23.1 Å². The van der Waals surface area contributed by atoms with Crippen LogP contribution in [0.3, 0.4) is 0 Å². The first-order valence-corrected chi connectivity index (χ1v) is 6.06. The van der Waals surface area contributed by atoms with E-state index in [0.29, 0.717) is 0 Å². The first-order valence-electron chi connectivity index (χ1n) is 6.06. The smallest absolute Gasteiger partial charge is 0.0426 e. The summed E-state index contributed by atoms with van der Waals surface area (Å²) in [6, 6.07) is 6.63. The molecule has 0 amide bonds. The van der Waals surface area contributed by atoms with E-state index in [9.17, 15) is 0 Å². The van der Waals surface area contributed by atoms with Gasteiger partial charge >= 0.3 is 0 Å². The highest BCUT2D eigenvalue weighted by molar-refractivity contribution is 5.32. The van der Waals surface area contributed by atoms with Crippen molar-refractivity contribution in [3.8, 4) is 0 Å². The van der Waals surface area contributed by atoms with Crippen LogP contribution in [0.15, 0.2) is 18.2 Å². The van der Waals surface area contributed by atoms with Gasteiger partial charge in [0.2, 0.25) is 0 Å². The molecule has 1 aromatic carbocycles. The highest BCUT2D eigenvalue weighted by Crippen LogP contribution is 2.17. The van der Waals surface area contributed by atoms with E-state index in [-0.39, 0.29) is 6.04 Å². The molecule has 0 aliphatic rings. The number of aryl methyl sites for hydroxylation is 2. The number of nitrogens with two attached hydrogens (primary N) is 1. The second-order valence-corrected chi connectivity index (χ2v) is 4.73. The van der Waals surface area contributed by atoms with Crippen LogP contribution in [0.25, 0.3) is 0 Å². The van der Waals surface area contributed by atoms with Gasteiger partial charge in [-0.05, 0) is 45.0 Å². The molecule has 16 heavy (non-hydrogen) atoms. The second-order valence-electron chi connectivity index (χ2n) is 4.73. The molecule has 0 radical (unpaired) electrons. The maximum absolute atomic E-state index is 6.24. The summed E-state index contributed by atoms with van der Waals surface area (Å²) in [5, 5.41) is 0. The lowest BCUT2D eigenvalue weighted by Gasteiger charge is -2.22. The van der Waals surface area contributed by atoms with Gasteiger partial charge in [-0.15, -0.1) is 0 Å². The van der Waals surface area contributed by atoms with Crippen molar-refractivity contribution in [3.05, 3.63) is 34.9 Å². The van der Waals surface area contributed by atoms with Crippen molar-refractivity contribution < 1.29 is 0 Å². The lowest BCUT2D eigenvalue weighted by atomic mass is 9.99. The van der Waals surface area contributed by atoms with Gasteiger partial charge in [0.25, 0.3) is 0 Å². The van der Waals surface area contributed by atoms with E-state index < -0.39 is 0 Å². The highest BCUT2D eigenvalue weighted by atomic mass is 15.1. The molecule has 1 rings (SSSR count). The van der Waals surface area contributed by atoms with Gasteiger partial charge in [0.1, 0.15) is 0 Å². The van der Waals surface area contributed by atoms with Gasteiger partial charge in [-0.25, -0.2) is 0 Å². The lowest BCUT2D eigenvalue weighted by molar-refractivity contribution is 0.313. The molecular formula is C14H24N2. The van der Waals surface area contributed by atoms with Crippen LogP contribution >= 0.6 is 0 Å². The normalized spacial score (nSPS) is 13.1. The van der Waals surface area contributed by atoms with Crippen LogP contribution < -0.4 is 5.73 Å². The number of hydrogen-bond donors (Lipinski definition) is 1. The Bertz CT molecular complexity index is 334. The molecule has 1 atom stereocenters. The molecular weight excluding hydrogens is 196 g/mol. The van der Waals surface area contributed by atoms with E-state index in [1.54, 1.807) is 0 Å². The summed E-state index contributed by atoms with van der Waals surface area (Å²) in [4.78, 5) is 2.30. The van der Waals surface area contributed by atoms with Crippen LogP contribution in [-0.2, 0) is 0 Å². The zero-order chi connectivity index (χ0) is 12.1. The first-order chi connectivity index (χ1) is 7.54. The molecule has 0 aromatic heterocycles. The van der Waals surface area contributed by atoms with Gasteiger partial charge in [0, 0.05) is 12.6 Å². The Morgan fingerprint density at radius 3 is 2.56 bits per heavy atom. The fourth-order valence-electron chi connectivity index (χ4n) is 2.15. The molecule has 0 saturated carbocycles. The Labute approximate surface area is 99.5 Å². The Morgan fingerprint density at radius 2 is 2.00 bits per heavy atom. The summed E-state index contributed by atoms with van der Waals surface area (Å²) < 4.78 is 0. The van der Waals surface area contributed by atoms with Gasteiger partial charge in [0.15, 0.2) is 0 Å². The molecule has 90 valence electrons. The van der Waals surface area contributed by atoms with Crippen molar-refractivity contribution in [1.82, 2.24) is 4.90 Å². The number of benzene rings is 1. The minimum Gasteiger partial charge on any atom is -0.323 e. The number of rotatable bonds is 5. The van der Waals surface area contributed by atoms with Crippen LogP contribution in [0, 0.1) is 13.8 Å². The molecule has 2 heteroatoms. The standard InChI is InChI=1S/C14H24N2/c1-5-8-16(4)10-14(15)13-7-6-11(2)9-12(13)3/h6-7,9,14H,5,8,10,15H2,1-4H3. The molecule has 0 saturated heterocycles. The Hall–Kier alpha value is -0.860. The van der Waals surface area contributed by atoms with Gasteiger partial charge in [0.05, 0.1) is 0 Å². The third kappa shape index (κ3) is 3.62. The summed E-state index contributed by atoms with van der Waals surface area (Å²) in [6.07, 6.45) is 1.18. The van der Waals surface area contributed by atoms with E-state index in [2.05, 4.69) is 50.9 Å². The van der Waals surface area contributed by atoms with Crippen molar-refractivity contribution in [2.45, 2.75) is 33.2 Å². The molecule has 0 aliphatic carbocycles. The van der Waals surface area contributed by atoms with Crippen LogP contribution in [0.2, 0.25) is 0 Å². The molecule has 0 fully saturated rings. The van der Waals surface area contributed by atoms with Gasteiger partial charge in [-0.3, -0.25) is 0 Å². The Kier molecular flexibility index (Phi) is 4.97. The van der Waals surface area contributed by atoms with E-state index in [1.807, 2.05) is 0 Å². The molecule has 2 N–H and O–H groups in total. The average Bonchev–Trinajstić information content (AvgIpc) is 2.17. The zero-order valence-corrected chi connectivity index (χ0v) is 11.0. The molecule has 0 aliphatic heterocycles. The molecule has 0 heterocycles. The van der Waals surface area contributed by atoms with E-state index in [0.717, 1.165) is 13.1 Å². The molecule has 1 aromatic rings. The van der Waals surface area contributed by atoms with Crippen molar-refractivity contribution in [3.63, 3.8) is 0 Å². The number of hydrogen-bond acceptors (Lipinski definition) is 2. The summed E-state index contributed by atoms with van der Waals surface area (Å²) >= 11 is 0. The zero-order valence-electron chi connectivity index (χ0n) is 11.0. The summed E-state index contributed by atoms with van der Waals surface area (Å²) in [6.45, 7) is 8.49. The van der Waals surface area contributed by atoms with Crippen molar-refractivity contribution in [2.75, 3.05) is 20.1 Å². The van der Waals surface area contributed by atoms with Gasteiger partial charge in [-0.2, -0.15) is 0 Å². The molecule has 0 bridgehead atoms. The molecule has 2 nitrogen and oxygen atoms in total. The largest absolute Gasteiger partial charge is 0.323 e. The molecule has 0 spiro atoms.